The van der Waals surface area contributed by atoms with Crippen molar-refractivity contribution in [3.63, 3.8) is 0 Å². The number of rotatable bonds is 13. The summed E-state index contributed by atoms with van der Waals surface area (Å²) in [5.74, 6) is 1.10. The SMILES string of the molecule is Cc1cc(C)c(-c2cc(NC(=O)CSCC(=O)CCc3ccccc3CCc3ccccc3C)n(-c3ccccc3)n2)cc1C. The van der Waals surface area contributed by atoms with E-state index in [4.69, 9.17) is 5.10 Å². The molecule has 0 aliphatic rings. The van der Waals surface area contributed by atoms with Gasteiger partial charge < -0.3 is 5.32 Å². The number of ketones is 1. The van der Waals surface area contributed by atoms with Crippen LogP contribution in [0, 0.1) is 27.7 Å². The molecule has 1 N–H and O–H groups in total. The van der Waals surface area contributed by atoms with Crippen LogP contribution >= 0.6 is 11.8 Å². The van der Waals surface area contributed by atoms with Crippen LogP contribution in [0.4, 0.5) is 5.82 Å². The Morgan fingerprint density at radius 3 is 2.02 bits per heavy atom. The smallest absolute Gasteiger partial charge is 0.235 e. The molecule has 5 nitrogen and oxygen atoms in total. The molecule has 0 saturated heterocycles. The number of Topliss-reactive ketones (excluding diaryl/α,β-unsaturated/α-hetero) is 1. The molecule has 0 unspecified atom stereocenters. The van der Waals surface area contributed by atoms with Crippen molar-refractivity contribution in [2.24, 2.45) is 0 Å². The molecule has 0 saturated carbocycles. The topological polar surface area (TPSA) is 64.0 Å². The van der Waals surface area contributed by atoms with Gasteiger partial charge in [0.1, 0.15) is 11.6 Å². The van der Waals surface area contributed by atoms with E-state index >= 15 is 0 Å². The highest BCUT2D eigenvalue weighted by Gasteiger charge is 2.16. The molecule has 6 heteroatoms. The Kier molecular flexibility index (Phi) is 10.7. The number of benzene rings is 4. The van der Waals surface area contributed by atoms with E-state index in [-0.39, 0.29) is 17.4 Å². The summed E-state index contributed by atoms with van der Waals surface area (Å²) in [6.07, 6.45) is 3.12. The molecule has 45 heavy (non-hydrogen) atoms. The van der Waals surface area contributed by atoms with E-state index in [1.54, 1.807) is 4.68 Å². The summed E-state index contributed by atoms with van der Waals surface area (Å²) < 4.78 is 1.77. The Morgan fingerprint density at radius 1 is 0.667 bits per heavy atom. The molecule has 0 aliphatic heterocycles. The first kappa shape index (κ1) is 32.0. The van der Waals surface area contributed by atoms with E-state index in [2.05, 4.69) is 87.6 Å². The quantitative estimate of drug-likeness (QED) is 0.144. The van der Waals surface area contributed by atoms with Crippen LogP contribution in [0.15, 0.2) is 97.1 Å². The van der Waals surface area contributed by atoms with Gasteiger partial charge in [-0.3, -0.25) is 9.59 Å². The van der Waals surface area contributed by atoms with Crippen molar-refractivity contribution in [3.8, 4) is 16.9 Å². The number of carbonyl (C=O) groups is 2. The first-order valence-corrected chi connectivity index (χ1v) is 16.7. The zero-order valence-corrected chi connectivity index (χ0v) is 27.4. The molecule has 0 bridgehead atoms. The first-order valence-electron chi connectivity index (χ1n) is 15.5. The highest BCUT2D eigenvalue weighted by molar-refractivity contribution is 8.00. The Labute approximate surface area is 271 Å². The van der Waals surface area contributed by atoms with Gasteiger partial charge in [-0.2, -0.15) is 5.10 Å². The van der Waals surface area contributed by atoms with E-state index in [1.807, 2.05) is 42.5 Å². The molecule has 230 valence electrons. The minimum atomic E-state index is -0.158. The van der Waals surface area contributed by atoms with Gasteiger partial charge in [-0.15, -0.1) is 11.8 Å². The maximum Gasteiger partial charge on any atom is 0.235 e. The third-order valence-electron chi connectivity index (χ3n) is 8.31. The maximum atomic E-state index is 13.0. The fraction of sp³-hybridized carbons (Fsp3) is 0.256. The standard InChI is InChI=1S/C39H41N3O2S/c1-27-12-8-9-13-31(27)18-19-32-14-10-11-15-33(32)20-21-35(43)25-45-26-39(44)40-38-24-37(36-23-29(3)28(2)22-30(36)4)41-42(38)34-16-6-5-7-17-34/h5-17,22-24H,18-21,25-26H2,1-4H3,(H,40,44). The molecule has 0 radical (unpaired) electrons. The van der Waals surface area contributed by atoms with E-state index in [0.29, 0.717) is 24.4 Å². The molecular weight excluding hydrogens is 575 g/mol. The van der Waals surface area contributed by atoms with Crippen LogP contribution in [0.3, 0.4) is 0 Å². The van der Waals surface area contributed by atoms with E-state index in [9.17, 15) is 9.59 Å². The Balaban J connectivity index is 1.17. The largest absolute Gasteiger partial charge is 0.310 e. The van der Waals surface area contributed by atoms with Crippen LogP contribution in [0.25, 0.3) is 16.9 Å². The van der Waals surface area contributed by atoms with E-state index < -0.39 is 0 Å². The van der Waals surface area contributed by atoms with Gasteiger partial charge in [0.05, 0.1) is 22.9 Å². The summed E-state index contributed by atoms with van der Waals surface area (Å²) in [5, 5.41) is 7.92. The molecule has 0 spiro atoms. The summed E-state index contributed by atoms with van der Waals surface area (Å²) >= 11 is 1.36. The molecule has 0 fully saturated rings. The van der Waals surface area contributed by atoms with Crippen LogP contribution in [-0.4, -0.2) is 33.0 Å². The second-order valence-electron chi connectivity index (χ2n) is 11.7. The third kappa shape index (κ3) is 8.40. The van der Waals surface area contributed by atoms with Crippen molar-refractivity contribution in [3.05, 3.63) is 136 Å². The number of nitrogens with one attached hydrogen (secondary N) is 1. The lowest BCUT2D eigenvalue weighted by Gasteiger charge is -2.11. The van der Waals surface area contributed by atoms with Crippen LogP contribution in [0.1, 0.15) is 45.4 Å². The van der Waals surface area contributed by atoms with Crippen molar-refractivity contribution in [2.45, 2.75) is 53.4 Å². The molecule has 1 amide bonds. The van der Waals surface area contributed by atoms with Gasteiger partial charge in [0.25, 0.3) is 0 Å². The van der Waals surface area contributed by atoms with E-state index in [0.717, 1.165) is 35.3 Å². The number of nitrogens with zero attached hydrogens (tertiary/aromatic N) is 2. The fourth-order valence-electron chi connectivity index (χ4n) is 5.59. The summed E-state index contributed by atoms with van der Waals surface area (Å²) in [5.41, 5.74) is 11.5. The predicted octanol–water partition coefficient (Wildman–Crippen LogP) is 8.43. The van der Waals surface area contributed by atoms with E-state index in [1.165, 1.54) is 45.1 Å². The van der Waals surface area contributed by atoms with Crippen LogP contribution < -0.4 is 5.32 Å². The fourth-order valence-corrected chi connectivity index (χ4v) is 6.32. The minimum Gasteiger partial charge on any atom is -0.310 e. The highest BCUT2D eigenvalue weighted by Crippen LogP contribution is 2.29. The molecule has 4 aromatic carbocycles. The molecule has 0 atom stereocenters. The number of amides is 1. The average Bonchev–Trinajstić information content (AvgIpc) is 3.45. The van der Waals surface area contributed by atoms with Crippen molar-refractivity contribution < 1.29 is 9.59 Å². The van der Waals surface area contributed by atoms with Gasteiger partial charge in [0.2, 0.25) is 5.91 Å². The number of anilines is 1. The summed E-state index contributed by atoms with van der Waals surface area (Å²) in [6, 6.07) is 33.0. The number of aryl methyl sites for hydroxylation is 7. The van der Waals surface area contributed by atoms with Gasteiger partial charge in [0, 0.05) is 18.1 Å². The van der Waals surface area contributed by atoms with Crippen molar-refractivity contribution in [1.29, 1.82) is 0 Å². The van der Waals surface area contributed by atoms with Gasteiger partial charge in [-0.25, -0.2) is 4.68 Å². The van der Waals surface area contributed by atoms with Crippen LogP contribution in [0.2, 0.25) is 0 Å². The second-order valence-corrected chi connectivity index (χ2v) is 12.7. The Morgan fingerprint density at radius 2 is 1.29 bits per heavy atom. The summed E-state index contributed by atoms with van der Waals surface area (Å²) in [4.78, 5) is 25.8. The van der Waals surface area contributed by atoms with Gasteiger partial charge >= 0.3 is 0 Å². The predicted molar refractivity (Wildman–Crippen MR) is 188 cm³/mol. The number of aromatic nitrogens is 2. The lowest BCUT2D eigenvalue weighted by Crippen LogP contribution is -2.18. The third-order valence-corrected chi connectivity index (χ3v) is 9.30. The summed E-state index contributed by atoms with van der Waals surface area (Å²) in [7, 11) is 0. The van der Waals surface area contributed by atoms with Crippen molar-refractivity contribution in [2.75, 3.05) is 16.8 Å². The number of thioether (sulfide) groups is 1. The first-order chi connectivity index (χ1) is 21.8. The lowest BCUT2D eigenvalue weighted by molar-refractivity contribution is -0.116. The number of hydrogen-bond donors (Lipinski definition) is 1. The number of carbonyl (C=O) groups excluding carboxylic acids is 2. The Hall–Kier alpha value is -4.42. The van der Waals surface area contributed by atoms with Crippen molar-refractivity contribution in [1.82, 2.24) is 9.78 Å². The lowest BCUT2D eigenvalue weighted by atomic mass is 9.95. The molecule has 1 heterocycles. The second kappa shape index (κ2) is 15.0. The van der Waals surface area contributed by atoms with Gasteiger partial charge in [-0.05, 0) is 104 Å². The maximum absolute atomic E-state index is 13.0. The minimum absolute atomic E-state index is 0.156. The molecule has 1 aromatic heterocycles. The normalized spacial score (nSPS) is 11.0. The zero-order chi connectivity index (χ0) is 31.8. The Bertz CT molecular complexity index is 1790. The molecule has 5 aromatic rings. The average molecular weight is 616 g/mol. The summed E-state index contributed by atoms with van der Waals surface area (Å²) in [6.45, 7) is 8.44. The molecule has 0 aliphatic carbocycles. The number of hydrogen-bond acceptors (Lipinski definition) is 4. The molecular formula is C39H41N3O2S. The van der Waals surface area contributed by atoms with Gasteiger partial charge in [-0.1, -0.05) is 72.8 Å². The van der Waals surface area contributed by atoms with Crippen molar-refractivity contribution >= 4 is 29.3 Å². The van der Waals surface area contributed by atoms with Gasteiger partial charge in [0.15, 0.2) is 0 Å². The number of para-hydroxylation sites is 1. The zero-order valence-electron chi connectivity index (χ0n) is 26.6. The van der Waals surface area contributed by atoms with Crippen LogP contribution in [-0.2, 0) is 28.9 Å². The highest BCUT2D eigenvalue weighted by atomic mass is 32.2. The molecule has 5 rings (SSSR count). The van der Waals surface area contributed by atoms with Crippen LogP contribution in [0.5, 0.6) is 0 Å². The monoisotopic (exact) mass is 615 g/mol.